The van der Waals surface area contributed by atoms with E-state index in [2.05, 4.69) is 5.32 Å². The molecule has 0 aromatic heterocycles. The van der Waals surface area contributed by atoms with E-state index in [0.29, 0.717) is 0 Å². The maximum Gasteiger partial charge on any atom is 0.217 e. The van der Waals surface area contributed by atoms with Gasteiger partial charge in [-0.05, 0) is 0 Å². The van der Waals surface area contributed by atoms with Crippen LogP contribution in [-0.4, -0.2) is 66.6 Å². The number of hydrogen-bond donors (Lipinski definition) is 3. The lowest BCUT2D eigenvalue weighted by atomic mass is 9.88. The molecule has 5 atom stereocenters. The molecular weight excluding hydrogens is 230 g/mol. The average Bonchev–Trinajstić information content (AvgIpc) is 2.65. The first-order chi connectivity index (χ1) is 8.00. The van der Waals surface area contributed by atoms with Crippen LogP contribution in [0.1, 0.15) is 6.92 Å². The summed E-state index contributed by atoms with van der Waals surface area (Å²) in [5.74, 6) is -0.320. The molecule has 2 fully saturated rings. The SMILES string of the molecule is COC[C@@]12CO[C@@H](O1)[C@H](NC(C)=O)[C@@H](O)[C@H]2O. The average molecular weight is 247 g/mol. The largest absolute Gasteiger partial charge is 0.388 e. The van der Waals surface area contributed by atoms with Gasteiger partial charge in [0.1, 0.15) is 23.9 Å². The second-order valence-corrected chi connectivity index (χ2v) is 4.46. The molecule has 17 heavy (non-hydrogen) atoms. The van der Waals surface area contributed by atoms with Crippen molar-refractivity contribution in [1.82, 2.24) is 5.32 Å². The van der Waals surface area contributed by atoms with E-state index in [9.17, 15) is 15.0 Å². The summed E-state index contributed by atoms with van der Waals surface area (Å²) < 4.78 is 15.9. The molecule has 2 aliphatic rings. The van der Waals surface area contributed by atoms with Gasteiger partial charge in [0.05, 0.1) is 13.2 Å². The molecule has 2 bridgehead atoms. The minimum absolute atomic E-state index is 0.120. The molecule has 0 aromatic rings. The summed E-state index contributed by atoms with van der Waals surface area (Å²) in [6, 6.07) is -0.769. The summed E-state index contributed by atoms with van der Waals surface area (Å²) >= 11 is 0. The minimum atomic E-state index is -1.17. The summed E-state index contributed by atoms with van der Waals surface area (Å²) in [6.45, 7) is 1.57. The highest BCUT2D eigenvalue weighted by molar-refractivity contribution is 5.73. The molecule has 0 aliphatic carbocycles. The Morgan fingerprint density at radius 3 is 2.88 bits per heavy atom. The number of aliphatic hydroxyl groups excluding tert-OH is 2. The molecule has 2 heterocycles. The molecule has 0 spiro atoms. The number of rotatable bonds is 3. The summed E-state index contributed by atoms with van der Waals surface area (Å²) in [4.78, 5) is 11.0. The molecule has 0 saturated carbocycles. The maximum atomic E-state index is 11.0. The predicted octanol–water partition coefficient (Wildman–Crippen LogP) is -2.02. The molecule has 0 unspecified atom stereocenters. The molecule has 7 nitrogen and oxygen atoms in total. The minimum Gasteiger partial charge on any atom is -0.388 e. The Kier molecular flexibility index (Phi) is 3.37. The van der Waals surface area contributed by atoms with Crippen LogP contribution in [0.25, 0.3) is 0 Å². The lowest BCUT2D eigenvalue weighted by Gasteiger charge is -2.42. The van der Waals surface area contributed by atoms with Crippen LogP contribution in [-0.2, 0) is 19.0 Å². The smallest absolute Gasteiger partial charge is 0.217 e. The van der Waals surface area contributed by atoms with E-state index < -0.39 is 30.1 Å². The van der Waals surface area contributed by atoms with E-state index in [4.69, 9.17) is 14.2 Å². The topological polar surface area (TPSA) is 97.2 Å². The van der Waals surface area contributed by atoms with Gasteiger partial charge in [-0.25, -0.2) is 0 Å². The standard InChI is InChI=1S/C10H17NO6/c1-5(12)11-6-7(13)8(14)10(3-15-2)4-16-9(6)17-10/h6-9,13-14H,3-4H2,1-2H3,(H,11,12)/t6-,7-,8-,9+,10+/m1/s1. The summed E-state index contributed by atoms with van der Waals surface area (Å²) in [5, 5.41) is 22.5. The van der Waals surface area contributed by atoms with Crippen molar-refractivity contribution < 1.29 is 29.2 Å². The highest BCUT2D eigenvalue weighted by atomic mass is 16.7. The zero-order valence-corrected chi connectivity index (χ0v) is 9.75. The van der Waals surface area contributed by atoms with Crippen LogP contribution < -0.4 is 5.32 Å². The van der Waals surface area contributed by atoms with Crippen LogP contribution in [0.15, 0.2) is 0 Å². The third-order valence-corrected chi connectivity index (χ3v) is 3.13. The van der Waals surface area contributed by atoms with Gasteiger partial charge in [0.25, 0.3) is 0 Å². The van der Waals surface area contributed by atoms with Crippen molar-refractivity contribution in [2.24, 2.45) is 0 Å². The van der Waals surface area contributed by atoms with Crippen molar-refractivity contribution in [3.8, 4) is 0 Å². The number of nitrogens with one attached hydrogen (secondary N) is 1. The fourth-order valence-electron chi connectivity index (χ4n) is 2.32. The number of carbonyl (C=O) groups excluding carboxylic acids is 1. The van der Waals surface area contributed by atoms with E-state index in [-0.39, 0.29) is 19.1 Å². The Morgan fingerprint density at radius 1 is 1.59 bits per heavy atom. The molecule has 7 heteroatoms. The Bertz CT molecular complexity index is 311. The van der Waals surface area contributed by atoms with Crippen molar-refractivity contribution >= 4 is 5.91 Å². The summed E-state index contributed by atoms with van der Waals surface area (Å²) in [5.41, 5.74) is -1.05. The summed E-state index contributed by atoms with van der Waals surface area (Å²) in [7, 11) is 1.48. The summed E-state index contributed by atoms with van der Waals surface area (Å²) in [6.07, 6.45) is -3.07. The van der Waals surface area contributed by atoms with E-state index in [0.717, 1.165) is 0 Å². The van der Waals surface area contributed by atoms with Crippen LogP contribution in [0.2, 0.25) is 0 Å². The molecule has 2 saturated heterocycles. The van der Waals surface area contributed by atoms with Gasteiger partial charge in [-0.1, -0.05) is 0 Å². The van der Waals surface area contributed by atoms with Gasteiger partial charge in [-0.15, -0.1) is 0 Å². The molecule has 1 amide bonds. The molecule has 0 radical (unpaired) electrons. The third-order valence-electron chi connectivity index (χ3n) is 3.13. The first-order valence-electron chi connectivity index (χ1n) is 5.42. The predicted molar refractivity (Wildman–Crippen MR) is 55.1 cm³/mol. The molecule has 98 valence electrons. The number of carbonyl (C=O) groups is 1. The van der Waals surface area contributed by atoms with Gasteiger partial charge in [0, 0.05) is 14.0 Å². The zero-order valence-electron chi connectivity index (χ0n) is 9.75. The zero-order chi connectivity index (χ0) is 12.6. The number of ether oxygens (including phenoxy) is 3. The third kappa shape index (κ3) is 2.04. The Labute approximate surface area is 98.7 Å². The molecule has 2 aliphatic heterocycles. The molecule has 2 rings (SSSR count). The lowest BCUT2D eigenvalue weighted by molar-refractivity contribution is -0.235. The monoisotopic (exact) mass is 247 g/mol. The first-order valence-corrected chi connectivity index (χ1v) is 5.42. The van der Waals surface area contributed by atoms with Gasteiger partial charge in [0.15, 0.2) is 6.29 Å². The van der Waals surface area contributed by atoms with Crippen LogP contribution in [0.3, 0.4) is 0 Å². The Morgan fingerprint density at radius 2 is 2.29 bits per heavy atom. The van der Waals surface area contributed by atoms with Crippen molar-refractivity contribution in [2.45, 2.75) is 37.1 Å². The number of methoxy groups -OCH3 is 1. The van der Waals surface area contributed by atoms with E-state index in [1.807, 2.05) is 0 Å². The number of fused-ring (bicyclic) bond motifs is 2. The van der Waals surface area contributed by atoms with Gasteiger partial charge in [0.2, 0.25) is 5.91 Å². The van der Waals surface area contributed by atoms with E-state index >= 15 is 0 Å². The van der Waals surface area contributed by atoms with Crippen molar-refractivity contribution in [2.75, 3.05) is 20.3 Å². The normalized spacial score (nSPS) is 44.7. The van der Waals surface area contributed by atoms with Crippen LogP contribution >= 0.6 is 0 Å². The second-order valence-electron chi connectivity index (χ2n) is 4.46. The fraction of sp³-hybridized carbons (Fsp3) is 0.900. The van der Waals surface area contributed by atoms with Crippen molar-refractivity contribution in [1.29, 1.82) is 0 Å². The molecular formula is C10H17NO6. The van der Waals surface area contributed by atoms with Crippen LogP contribution in [0.5, 0.6) is 0 Å². The number of hydrogen-bond acceptors (Lipinski definition) is 6. The van der Waals surface area contributed by atoms with Crippen molar-refractivity contribution in [3.63, 3.8) is 0 Å². The molecule has 0 aromatic carbocycles. The van der Waals surface area contributed by atoms with Crippen LogP contribution in [0, 0.1) is 0 Å². The number of amides is 1. The fourth-order valence-corrected chi connectivity index (χ4v) is 2.32. The quantitative estimate of drug-likeness (QED) is 0.533. The highest BCUT2D eigenvalue weighted by Crippen LogP contribution is 2.37. The molecule has 3 N–H and O–H groups in total. The van der Waals surface area contributed by atoms with Gasteiger partial charge < -0.3 is 29.7 Å². The lowest BCUT2D eigenvalue weighted by Crippen LogP contribution is -2.66. The Balaban J connectivity index is 2.16. The Hall–Kier alpha value is -0.730. The highest BCUT2D eigenvalue weighted by Gasteiger charge is 2.59. The van der Waals surface area contributed by atoms with Gasteiger partial charge in [-0.2, -0.15) is 0 Å². The number of aliphatic hydroxyl groups is 2. The van der Waals surface area contributed by atoms with Crippen molar-refractivity contribution in [3.05, 3.63) is 0 Å². The second kappa shape index (κ2) is 4.51. The van der Waals surface area contributed by atoms with Crippen LogP contribution in [0.4, 0.5) is 0 Å². The van der Waals surface area contributed by atoms with E-state index in [1.54, 1.807) is 0 Å². The van der Waals surface area contributed by atoms with Gasteiger partial charge >= 0.3 is 0 Å². The van der Waals surface area contributed by atoms with E-state index in [1.165, 1.54) is 14.0 Å². The first kappa shape index (κ1) is 12.7. The maximum absolute atomic E-state index is 11.0. The van der Waals surface area contributed by atoms with Gasteiger partial charge in [-0.3, -0.25) is 4.79 Å².